The van der Waals surface area contributed by atoms with Crippen molar-refractivity contribution >= 4 is 28.9 Å². The molecule has 0 aliphatic heterocycles. The minimum Gasteiger partial charge on any atom is -0.318 e. The molecule has 0 bridgehead atoms. The molecule has 5 nitrogen and oxygen atoms in total. The smallest absolute Gasteiger partial charge is 0.318 e. The van der Waals surface area contributed by atoms with E-state index in [9.17, 15) is 18.0 Å². The van der Waals surface area contributed by atoms with Crippen LogP contribution in [0.3, 0.4) is 0 Å². The molecule has 0 saturated carbocycles. The van der Waals surface area contributed by atoms with Crippen molar-refractivity contribution in [3.05, 3.63) is 70.4 Å². The van der Waals surface area contributed by atoms with Crippen LogP contribution in [0.1, 0.15) is 27.3 Å². The number of benzene rings is 1. The molecule has 4 rings (SSSR count). The number of hydrogen-bond donors (Lipinski definition) is 1. The molecule has 0 saturated heterocycles. The number of nitrogens with zero attached hydrogens (tertiary/aromatic N) is 3. The summed E-state index contributed by atoms with van der Waals surface area (Å²) in [5.74, 6) is 0.626. The lowest BCUT2D eigenvalue weighted by atomic mass is 10.1. The van der Waals surface area contributed by atoms with Crippen LogP contribution in [0.5, 0.6) is 0 Å². The largest absolute Gasteiger partial charge is 0.416 e. The molecule has 0 fully saturated rings. The highest BCUT2D eigenvalue weighted by Crippen LogP contribution is 2.32. The molecule has 0 radical (unpaired) electrons. The number of aromatic nitrogens is 4. The zero-order valence-electron chi connectivity index (χ0n) is 16.5. The number of Topliss-reactive ketones (excluding diaryl/α,β-unsaturated/α-hetero) is 1. The van der Waals surface area contributed by atoms with E-state index in [2.05, 4.69) is 15.2 Å². The Bertz CT molecular complexity index is 1230. The Hall–Kier alpha value is -2.85. The number of aromatic amines is 1. The number of nitrogens with one attached hydrogen (secondary N) is 1. The lowest BCUT2D eigenvalue weighted by Crippen LogP contribution is -2.08. The van der Waals surface area contributed by atoms with E-state index in [4.69, 9.17) is 0 Å². The zero-order chi connectivity index (χ0) is 22.2. The second kappa shape index (κ2) is 8.35. The third kappa shape index (κ3) is 4.45. The van der Waals surface area contributed by atoms with Gasteiger partial charge in [0.05, 0.1) is 16.2 Å². The lowest BCUT2D eigenvalue weighted by Gasteiger charge is -2.13. The molecule has 3 aromatic heterocycles. The fourth-order valence-electron chi connectivity index (χ4n) is 3.31. The van der Waals surface area contributed by atoms with E-state index in [0.717, 1.165) is 17.0 Å². The van der Waals surface area contributed by atoms with Crippen LogP contribution in [-0.4, -0.2) is 31.3 Å². The predicted octanol–water partition coefficient (Wildman–Crippen LogP) is 5.93. The number of ketones is 1. The molecule has 0 atom stereocenters. The molecular weight excluding hydrogens is 445 g/mol. The van der Waals surface area contributed by atoms with E-state index in [1.807, 2.05) is 17.5 Å². The number of rotatable bonds is 6. The van der Waals surface area contributed by atoms with Crippen molar-refractivity contribution in [1.29, 1.82) is 0 Å². The van der Waals surface area contributed by atoms with Gasteiger partial charge in [-0.15, -0.1) is 16.4 Å². The number of hydrogen-bond acceptors (Lipinski definition) is 5. The summed E-state index contributed by atoms with van der Waals surface area (Å²) < 4.78 is 40.9. The fraction of sp³-hybridized carbons (Fsp3) is 0.190. The summed E-state index contributed by atoms with van der Waals surface area (Å²) in [6, 6.07) is 10.6. The average molecular weight is 463 g/mol. The van der Waals surface area contributed by atoms with Crippen molar-refractivity contribution in [2.75, 3.05) is 5.75 Å². The minimum atomic E-state index is -4.43. The minimum absolute atomic E-state index is 0.120. The van der Waals surface area contributed by atoms with E-state index in [-0.39, 0.29) is 11.5 Å². The molecule has 1 aromatic carbocycles. The number of carbonyl (C=O) groups is 1. The Labute approximate surface area is 184 Å². The number of H-pyrrole nitrogens is 1. The Kier molecular flexibility index (Phi) is 5.76. The quantitative estimate of drug-likeness (QED) is 0.285. The van der Waals surface area contributed by atoms with Gasteiger partial charge in [0, 0.05) is 22.6 Å². The van der Waals surface area contributed by atoms with Gasteiger partial charge in [0.1, 0.15) is 0 Å². The van der Waals surface area contributed by atoms with Crippen LogP contribution in [0.15, 0.2) is 53.0 Å². The van der Waals surface area contributed by atoms with Gasteiger partial charge in [0.2, 0.25) is 5.16 Å². The number of thioether (sulfide) groups is 1. The molecule has 160 valence electrons. The maximum atomic E-state index is 13.1. The highest BCUT2D eigenvalue weighted by atomic mass is 32.2. The maximum Gasteiger partial charge on any atom is 0.416 e. The SMILES string of the molecule is Cc1cc(C(=O)CSc2n[nH]c(-c3cccs3)n2)c(C)n1-c1cccc(C(F)(F)F)c1. The van der Waals surface area contributed by atoms with E-state index < -0.39 is 11.7 Å². The van der Waals surface area contributed by atoms with Gasteiger partial charge in [0.25, 0.3) is 0 Å². The molecule has 0 spiro atoms. The van der Waals surface area contributed by atoms with E-state index in [1.165, 1.54) is 29.2 Å². The second-order valence-corrected chi connectivity index (χ2v) is 8.71. The highest BCUT2D eigenvalue weighted by molar-refractivity contribution is 7.99. The number of alkyl halides is 3. The first-order chi connectivity index (χ1) is 14.7. The zero-order valence-corrected chi connectivity index (χ0v) is 18.2. The Balaban J connectivity index is 1.53. The van der Waals surface area contributed by atoms with Crippen molar-refractivity contribution in [1.82, 2.24) is 19.7 Å². The Morgan fingerprint density at radius 1 is 1.19 bits per heavy atom. The number of halogens is 3. The second-order valence-electron chi connectivity index (χ2n) is 6.82. The van der Waals surface area contributed by atoms with Gasteiger partial charge in [-0.25, -0.2) is 4.98 Å². The van der Waals surface area contributed by atoms with Gasteiger partial charge >= 0.3 is 6.18 Å². The molecule has 0 aliphatic carbocycles. The van der Waals surface area contributed by atoms with Crippen molar-refractivity contribution in [2.45, 2.75) is 25.2 Å². The molecule has 4 aromatic rings. The summed E-state index contributed by atoms with van der Waals surface area (Å²) in [6.07, 6.45) is -4.43. The van der Waals surface area contributed by atoms with Crippen molar-refractivity contribution in [2.24, 2.45) is 0 Å². The first-order valence-corrected chi connectivity index (χ1v) is 11.1. The first-order valence-electron chi connectivity index (χ1n) is 9.23. The van der Waals surface area contributed by atoms with Crippen LogP contribution in [-0.2, 0) is 6.18 Å². The molecule has 0 aliphatic rings. The van der Waals surface area contributed by atoms with E-state index >= 15 is 0 Å². The van der Waals surface area contributed by atoms with Crippen LogP contribution in [0.25, 0.3) is 16.4 Å². The average Bonchev–Trinajstić information content (AvgIpc) is 3.46. The summed E-state index contributed by atoms with van der Waals surface area (Å²) in [7, 11) is 0. The number of carbonyl (C=O) groups excluding carboxylic acids is 1. The van der Waals surface area contributed by atoms with Gasteiger partial charge in [-0.2, -0.15) is 13.2 Å². The summed E-state index contributed by atoms with van der Waals surface area (Å²) in [6.45, 7) is 3.49. The van der Waals surface area contributed by atoms with Crippen LogP contribution in [0, 0.1) is 13.8 Å². The molecule has 1 N–H and O–H groups in total. The predicted molar refractivity (Wildman–Crippen MR) is 115 cm³/mol. The Morgan fingerprint density at radius 3 is 2.71 bits per heavy atom. The van der Waals surface area contributed by atoms with Crippen LogP contribution >= 0.6 is 23.1 Å². The lowest BCUT2D eigenvalue weighted by molar-refractivity contribution is -0.137. The van der Waals surface area contributed by atoms with Gasteiger partial charge in [-0.3, -0.25) is 9.89 Å². The van der Waals surface area contributed by atoms with E-state index in [1.54, 1.807) is 30.5 Å². The first kappa shape index (κ1) is 21.4. The normalized spacial score (nSPS) is 11.8. The van der Waals surface area contributed by atoms with Crippen molar-refractivity contribution < 1.29 is 18.0 Å². The van der Waals surface area contributed by atoms with Crippen molar-refractivity contribution in [3.63, 3.8) is 0 Å². The van der Waals surface area contributed by atoms with Gasteiger partial charge in [0.15, 0.2) is 11.6 Å². The number of thiophene rings is 1. The van der Waals surface area contributed by atoms with Gasteiger partial charge in [-0.1, -0.05) is 23.9 Å². The Morgan fingerprint density at radius 2 is 2.00 bits per heavy atom. The molecule has 0 amide bonds. The summed E-state index contributed by atoms with van der Waals surface area (Å²) in [5, 5.41) is 9.39. The summed E-state index contributed by atoms with van der Waals surface area (Å²) in [5.41, 5.74) is 1.38. The summed E-state index contributed by atoms with van der Waals surface area (Å²) >= 11 is 2.74. The molecule has 31 heavy (non-hydrogen) atoms. The monoisotopic (exact) mass is 462 g/mol. The molecule has 10 heteroatoms. The summed E-state index contributed by atoms with van der Waals surface area (Å²) in [4.78, 5) is 18.2. The maximum absolute atomic E-state index is 13.1. The molecular formula is C21H17F3N4OS2. The van der Waals surface area contributed by atoms with Crippen molar-refractivity contribution in [3.8, 4) is 16.4 Å². The third-order valence-electron chi connectivity index (χ3n) is 4.72. The third-order valence-corrected chi connectivity index (χ3v) is 6.44. The van der Waals surface area contributed by atoms with Gasteiger partial charge < -0.3 is 4.57 Å². The fourth-order valence-corrected chi connectivity index (χ4v) is 4.65. The van der Waals surface area contributed by atoms with Gasteiger partial charge in [-0.05, 0) is 49.6 Å². The molecule has 0 unspecified atom stereocenters. The van der Waals surface area contributed by atoms with Crippen LogP contribution < -0.4 is 0 Å². The number of aryl methyl sites for hydroxylation is 1. The molecule has 3 heterocycles. The standard InChI is InChI=1S/C21H17F3N4OS2/c1-12-9-16(13(2)28(12)15-6-3-5-14(10-15)21(22,23)24)17(29)11-31-20-25-19(26-27-20)18-7-4-8-30-18/h3-10H,11H2,1-2H3,(H,25,26,27). The highest BCUT2D eigenvalue weighted by Gasteiger charge is 2.31. The van der Waals surface area contributed by atoms with Crippen LogP contribution in [0.2, 0.25) is 0 Å². The van der Waals surface area contributed by atoms with E-state index in [0.29, 0.717) is 33.6 Å². The topological polar surface area (TPSA) is 63.6 Å². The van der Waals surface area contributed by atoms with Crippen LogP contribution in [0.4, 0.5) is 13.2 Å².